The van der Waals surface area contributed by atoms with E-state index in [0.717, 1.165) is 48.4 Å². The van der Waals surface area contributed by atoms with Crippen LogP contribution >= 0.6 is 31.9 Å². The molecule has 0 radical (unpaired) electrons. The molecule has 2 amide bonds. The largest absolute Gasteiger partial charge is 0.449 e. The number of carbonyl (C=O) groups is 2. The van der Waals surface area contributed by atoms with E-state index in [-0.39, 0.29) is 24.3 Å². The van der Waals surface area contributed by atoms with Gasteiger partial charge in [0.25, 0.3) is 0 Å². The molecule has 10 nitrogen and oxygen atoms in total. The minimum atomic E-state index is -0.313. The number of nitrogens with zero attached hydrogens (tertiary/aromatic N) is 4. The molecule has 2 N–H and O–H groups in total. The van der Waals surface area contributed by atoms with E-state index >= 15 is 0 Å². The first-order valence-corrected chi connectivity index (χ1v) is 20.1. The maximum absolute atomic E-state index is 11.8. The van der Waals surface area contributed by atoms with E-state index in [2.05, 4.69) is 64.6 Å². The van der Waals surface area contributed by atoms with Crippen molar-refractivity contribution in [2.24, 2.45) is 0 Å². The van der Waals surface area contributed by atoms with Gasteiger partial charge in [0.05, 0.1) is 13.2 Å². The van der Waals surface area contributed by atoms with Crippen molar-refractivity contribution in [3.8, 4) is 0 Å². The third-order valence-electron chi connectivity index (χ3n) is 7.73. The van der Waals surface area contributed by atoms with Crippen LogP contribution in [0.1, 0.15) is 98.8 Å². The van der Waals surface area contributed by atoms with Gasteiger partial charge in [0, 0.05) is 76.9 Å². The highest BCUT2D eigenvalue weighted by Gasteiger charge is 2.16. The van der Waals surface area contributed by atoms with Crippen LogP contribution < -0.4 is 10.6 Å². The monoisotopic (exact) mass is 800 g/mol. The highest BCUT2D eigenvalue weighted by molar-refractivity contribution is 9.09. The Morgan fingerprint density at radius 1 is 0.646 bits per heavy atom. The van der Waals surface area contributed by atoms with Gasteiger partial charge in [-0.15, -0.1) is 0 Å². The topological polar surface area (TPSA) is 109 Å². The molecule has 0 aliphatic heterocycles. The fourth-order valence-electron chi connectivity index (χ4n) is 5.11. The summed E-state index contributed by atoms with van der Waals surface area (Å²) in [6.45, 7) is 6.65. The van der Waals surface area contributed by atoms with E-state index < -0.39 is 0 Å². The number of pyridine rings is 2. The number of aryl methyl sites for hydroxylation is 2. The van der Waals surface area contributed by atoms with E-state index in [0.29, 0.717) is 26.1 Å². The average Bonchev–Trinajstić information content (AvgIpc) is 3.09. The molecule has 2 aromatic heterocycles. The van der Waals surface area contributed by atoms with Gasteiger partial charge in [0.15, 0.2) is 0 Å². The lowest BCUT2D eigenvalue weighted by Crippen LogP contribution is -2.27. The van der Waals surface area contributed by atoms with Gasteiger partial charge in [-0.1, -0.05) is 82.5 Å². The second kappa shape index (κ2) is 29.6. The predicted molar refractivity (Wildman–Crippen MR) is 205 cm³/mol. The van der Waals surface area contributed by atoms with E-state index in [9.17, 15) is 9.59 Å². The normalized spacial score (nSPS) is 11.6. The maximum atomic E-state index is 11.8. The summed E-state index contributed by atoms with van der Waals surface area (Å²) >= 11 is 5.88. The Kier molecular flexibility index (Phi) is 28.2. The Hall–Kier alpha value is -2.28. The molecule has 0 aromatic carbocycles. The first-order valence-electron chi connectivity index (χ1n) is 16.9. The molecule has 0 aliphatic carbocycles. The zero-order chi connectivity index (χ0) is 36.2. The molecule has 0 fully saturated rings. The Morgan fingerprint density at radius 3 is 1.29 bits per heavy atom. The van der Waals surface area contributed by atoms with E-state index in [1.807, 2.05) is 50.0 Å². The van der Waals surface area contributed by atoms with Crippen molar-refractivity contribution in [2.45, 2.75) is 90.1 Å². The number of hydrogen-bond donors (Lipinski definition) is 2. The van der Waals surface area contributed by atoms with Gasteiger partial charge in [-0.3, -0.25) is 9.97 Å². The van der Waals surface area contributed by atoms with Gasteiger partial charge in [-0.05, 0) is 74.7 Å². The summed E-state index contributed by atoms with van der Waals surface area (Å²) < 4.78 is 10.7. The third kappa shape index (κ3) is 20.3. The minimum absolute atomic E-state index is 0.113. The van der Waals surface area contributed by atoms with Crippen molar-refractivity contribution in [1.29, 1.82) is 0 Å². The van der Waals surface area contributed by atoms with Gasteiger partial charge in [-0.2, -0.15) is 0 Å². The summed E-state index contributed by atoms with van der Waals surface area (Å²) in [5.74, 6) is 3.62. The van der Waals surface area contributed by atoms with Crippen LogP contribution in [0.2, 0.25) is 0 Å². The van der Waals surface area contributed by atoms with E-state index in [4.69, 9.17) is 9.47 Å². The number of unbranched alkanes of at least 4 members (excludes halogenated alkanes) is 7. The zero-order valence-corrected chi connectivity index (χ0v) is 33.9. The van der Waals surface area contributed by atoms with Crippen LogP contribution in [-0.2, 0) is 9.47 Å². The Labute approximate surface area is 307 Å². The summed E-state index contributed by atoms with van der Waals surface area (Å²) in [5, 5.41) is 7.34. The Balaban J connectivity index is 0.00000531. The highest BCUT2D eigenvalue weighted by Crippen LogP contribution is 2.21. The van der Waals surface area contributed by atoms with Crippen LogP contribution in [-0.4, -0.2) is 98.1 Å². The van der Waals surface area contributed by atoms with Gasteiger partial charge >= 0.3 is 12.2 Å². The molecule has 0 spiro atoms. The van der Waals surface area contributed by atoms with Gasteiger partial charge in [0.1, 0.15) is 0 Å². The molecule has 2 atom stereocenters. The Morgan fingerprint density at radius 2 is 0.979 bits per heavy atom. The molecule has 0 aliphatic rings. The van der Waals surface area contributed by atoms with Gasteiger partial charge in [-0.25, -0.2) is 9.59 Å². The fraction of sp³-hybridized carbons (Fsp3) is 0.667. The van der Waals surface area contributed by atoms with Gasteiger partial charge < -0.3 is 29.9 Å². The van der Waals surface area contributed by atoms with Crippen molar-refractivity contribution < 1.29 is 19.1 Å². The van der Waals surface area contributed by atoms with Crippen LogP contribution in [0.25, 0.3) is 0 Å². The molecule has 2 aromatic rings. The van der Waals surface area contributed by atoms with Crippen molar-refractivity contribution in [3.05, 3.63) is 59.2 Å². The lowest BCUT2D eigenvalue weighted by atomic mass is 10.0. The number of ether oxygens (including phenoxy) is 2. The number of alkyl halides is 2. The van der Waals surface area contributed by atoms with Crippen LogP contribution in [0.3, 0.4) is 0 Å². The summed E-state index contributed by atoms with van der Waals surface area (Å²) in [5.41, 5.74) is 4.34. The molecule has 48 heavy (non-hydrogen) atoms. The van der Waals surface area contributed by atoms with Crippen molar-refractivity contribution >= 4 is 44.0 Å². The number of carbonyl (C=O) groups excluding carboxylic acids is 2. The SMILES string of the molecule is CBr.CBr.Cc1ncccc1C(CCOC(=O)N(C)C)NCCCCCCCCCCNC(CCOC(=O)N(C)C)c1cccnc1C. The summed E-state index contributed by atoms with van der Waals surface area (Å²) in [4.78, 5) is 35.4. The minimum Gasteiger partial charge on any atom is -0.449 e. The van der Waals surface area contributed by atoms with E-state index in [1.54, 1.807) is 28.2 Å². The lowest BCUT2D eigenvalue weighted by molar-refractivity contribution is 0.113. The van der Waals surface area contributed by atoms with Crippen LogP contribution in [0.4, 0.5) is 9.59 Å². The predicted octanol–water partition coefficient (Wildman–Crippen LogP) is 8.37. The number of halogens is 2. The van der Waals surface area contributed by atoms with Crippen LogP contribution in [0.5, 0.6) is 0 Å². The molecule has 0 saturated heterocycles. The zero-order valence-electron chi connectivity index (χ0n) is 30.7. The van der Waals surface area contributed by atoms with Crippen LogP contribution in [0, 0.1) is 13.8 Å². The number of hydrogen-bond acceptors (Lipinski definition) is 8. The van der Waals surface area contributed by atoms with Crippen molar-refractivity contribution in [2.75, 3.05) is 66.2 Å². The number of nitrogens with one attached hydrogen (secondary N) is 2. The second-order valence-corrected chi connectivity index (χ2v) is 11.8. The number of aromatic nitrogens is 2. The molecular weight excluding hydrogens is 740 g/mol. The summed E-state index contributed by atoms with van der Waals surface area (Å²) in [6, 6.07) is 8.36. The first kappa shape index (κ1) is 45.7. The third-order valence-corrected chi connectivity index (χ3v) is 7.73. The number of rotatable bonds is 21. The lowest BCUT2D eigenvalue weighted by Gasteiger charge is -2.21. The second-order valence-electron chi connectivity index (χ2n) is 11.8. The summed E-state index contributed by atoms with van der Waals surface area (Å²) in [6.07, 6.45) is 14.1. The van der Waals surface area contributed by atoms with Crippen LogP contribution in [0.15, 0.2) is 36.7 Å². The molecule has 2 heterocycles. The maximum Gasteiger partial charge on any atom is 0.409 e. The van der Waals surface area contributed by atoms with Crippen molar-refractivity contribution in [1.82, 2.24) is 30.4 Å². The smallest absolute Gasteiger partial charge is 0.409 e. The van der Waals surface area contributed by atoms with E-state index in [1.165, 1.54) is 48.3 Å². The van der Waals surface area contributed by atoms with Crippen molar-refractivity contribution in [3.63, 3.8) is 0 Å². The molecular formula is C36H62Br2N6O4. The average molecular weight is 803 g/mol. The standard InChI is InChI=1S/C34H56N6O4.2CH3Br/c1-27-29(17-15-23-35-27)31(19-25-43-33(41)39(3)4)37-21-13-11-9-7-8-10-12-14-22-38-32(20-26-44-34(42)40(5)6)30-18-16-24-36-28(30)2;2*1-2/h15-18,23-24,31-32,37-38H,7-14,19-22,25-26H2,1-6H3;2*1H3. The number of amides is 2. The molecule has 2 unspecified atom stereocenters. The first-order chi connectivity index (χ1) is 23.2. The molecule has 12 heteroatoms. The molecule has 2 rings (SSSR count). The molecule has 274 valence electrons. The highest BCUT2D eigenvalue weighted by atomic mass is 79.9. The summed E-state index contributed by atoms with van der Waals surface area (Å²) in [7, 11) is 6.77. The fourth-order valence-corrected chi connectivity index (χ4v) is 5.11. The quantitative estimate of drug-likeness (QED) is 0.0958. The molecule has 0 bridgehead atoms. The Bertz CT molecular complexity index is 1020. The molecule has 0 saturated carbocycles. The van der Waals surface area contributed by atoms with Gasteiger partial charge in [0.2, 0.25) is 0 Å².